The fourth-order valence-corrected chi connectivity index (χ4v) is 1.77. The third-order valence-electron chi connectivity index (χ3n) is 2.69. The van der Waals surface area contributed by atoms with Crippen LogP contribution in [0.25, 0.3) is 0 Å². The molecule has 0 fully saturated rings. The number of nitrogens with zero attached hydrogens (tertiary/aromatic N) is 1. The third kappa shape index (κ3) is 2.56. The highest BCUT2D eigenvalue weighted by Crippen LogP contribution is 2.12. The minimum Gasteiger partial charge on any atom is -0.477 e. The zero-order valence-corrected chi connectivity index (χ0v) is 9.44. The van der Waals surface area contributed by atoms with Crippen LogP contribution in [0.4, 0.5) is 8.78 Å². The lowest BCUT2D eigenvalue weighted by molar-refractivity contribution is 0.0685. The molecule has 18 heavy (non-hydrogen) atoms. The van der Waals surface area contributed by atoms with Crippen LogP contribution in [0.15, 0.2) is 36.5 Å². The van der Waals surface area contributed by atoms with Crippen molar-refractivity contribution in [2.75, 3.05) is 0 Å². The van der Waals surface area contributed by atoms with E-state index >= 15 is 0 Å². The molecule has 2 aromatic rings. The van der Waals surface area contributed by atoms with Crippen LogP contribution in [0.5, 0.6) is 0 Å². The molecule has 3 nitrogen and oxygen atoms in total. The van der Waals surface area contributed by atoms with Gasteiger partial charge in [0.1, 0.15) is 17.3 Å². The number of rotatable bonds is 4. The van der Waals surface area contributed by atoms with Crippen LogP contribution in [0.3, 0.4) is 0 Å². The van der Waals surface area contributed by atoms with Crippen molar-refractivity contribution in [3.8, 4) is 0 Å². The summed E-state index contributed by atoms with van der Waals surface area (Å²) in [7, 11) is 0. The average molecular weight is 251 g/mol. The molecule has 0 aliphatic rings. The monoisotopic (exact) mass is 251 g/mol. The first-order valence-corrected chi connectivity index (χ1v) is 5.40. The molecule has 0 bridgehead atoms. The van der Waals surface area contributed by atoms with Crippen molar-refractivity contribution in [1.29, 1.82) is 0 Å². The van der Waals surface area contributed by atoms with E-state index in [4.69, 9.17) is 5.11 Å². The number of hydrogen-bond donors (Lipinski definition) is 1. The first-order chi connectivity index (χ1) is 8.58. The van der Waals surface area contributed by atoms with Gasteiger partial charge in [-0.2, -0.15) is 0 Å². The minimum atomic E-state index is -1.03. The summed E-state index contributed by atoms with van der Waals surface area (Å²) in [5.74, 6) is -2.26. The second kappa shape index (κ2) is 5.00. The number of carboxylic acids is 1. The van der Waals surface area contributed by atoms with Crippen LogP contribution in [0.1, 0.15) is 16.1 Å². The topological polar surface area (TPSA) is 42.2 Å². The fraction of sp³-hybridized carbons (Fsp3) is 0.154. The molecule has 0 aliphatic carbocycles. The SMILES string of the molecule is O=C(O)c1cccn1CCc1ccc(F)cc1F. The van der Waals surface area contributed by atoms with Gasteiger partial charge < -0.3 is 9.67 Å². The molecule has 0 radical (unpaired) electrons. The van der Waals surface area contributed by atoms with Crippen molar-refractivity contribution in [2.45, 2.75) is 13.0 Å². The zero-order valence-electron chi connectivity index (χ0n) is 9.44. The lowest BCUT2D eigenvalue weighted by Gasteiger charge is -2.07. The molecule has 1 aromatic carbocycles. The first kappa shape index (κ1) is 12.3. The quantitative estimate of drug-likeness (QED) is 0.907. The van der Waals surface area contributed by atoms with E-state index in [1.807, 2.05) is 0 Å². The molecule has 0 saturated heterocycles. The Hall–Kier alpha value is -2.17. The molecule has 1 aromatic heterocycles. The molecule has 0 spiro atoms. The number of aryl methyl sites for hydroxylation is 2. The second-order valence-corrected chi connectivity index (χ2v) is 3.88. The Morgan fingerprint density at radius 3 is 2.72 bits per heavy atom. The number of carboxylic acid groups (broad SMARTS) is 1. The van der Waals surface area contributed by atoms with Gasteiger partial charge in [-0.1, -0.05) is 6.07 Å². The Bertz CT molecular complexity index is 578. The highest BCUT2D eigenvalue weighted by atomic mass is 19.1. The smallest absolute Gasteiger partial charge is 0.352 e. The van der Waals surface area contributed by atoms with Gasteiger partial charge in [0, 0.05) is 18.8 Å². The highest BCUT2D eigenvalue weighted by molar-refractivity contribution is 5.85. The lowest BCUT2D eigenvalue weighted by atomic mass is 10.1. The summed E-state index contributed by atoms with van der Waals surface area (Å²) < 4.78 is 27.6. The zero-order chi connectivity index (χ0) is 13.1. The summed E-state index contributed by atoms with van der Waals surface area (Å²) in [6.45, 7) is 0.331. The Morgan fingerprint density at radius 1 is 1.28 bits per heavy atom. The van der Waals surface area contributed by atoms with E-state index in [9.17, 15) is 13.6 Å². The minimum absolute atomic E-state index is 0.150. The Balaban J connectivity index is 2.11. The summed E-state index contributed by atoms with van der Waals surface area (Å²) >= 11 is 0. The number of carbonyl (C=O) groups is 1. The Kier molecular flexibility index (Phi) is 3.41. The van der Waals surface area contributed by atoms with Gasteiger partial charge in [-0.15, -0.1) is 0 Å². The molecule has 0 saturated carbocycles. The van der Waals surface area contributed by atoms with E-state index in [-0.39, 0.29) is 5.69 Å². The first-order valence-electron chi connectivity index (χ1n) is 5.40. The van der Waals surface area contributed by atoms with E-state index in [0.29, 0.717) is 18.5 Å². The molecule has 0 aliphatic heterocycles. The number of halogens is 2. The number of aromatic nitrogens is 1. The van der Waals surface area contributed by atoms with Gasteiger partial charge in [0.2, 0.25) is 0 Å². The number of aromatic carboxylic acids is 1. The molecule has 94 valence electrons. The molecular weight excluding hydrogens is 240 g/mol. The van der Waals surface area contributed by atoms with Crippen LogP contribution in [0, 0.1) is 11.6 Å². The molecule has 2 rings (SSSR count). The van der Waals surface area contributed by atoms with Crippen molar-refractivity contribution in [3.63, 3.8) is 0 Å². The molecule has 1 heterocycles. The highest BCUT2D eigenvalue weighted by Gasteiger charge is 2.09. The predicted octanol–water partition coefficient (Wildman–Crippen LogP) is 2.71. The maximum Gasteiger partial charge on any atom is 0.352 e. The van der Waals surface area contributed by atoms with E-state index in [1.165, 1.54) is 22.8 Å². The van der Waals surface area contributed by atoms with Crippen LogP contribution in [-0.2, 0) is 13.0 Å². The van der Waals surface area contributed by atoms with Crippen LogP contribution in [0.2, 0.25) is 0 Å². The molecule has 5 heteroatoms. The summed E-state index contributed by atoms with van der Waals surface area (Å²) in [5, 5.41) is 8.90. The molecule has 0 amide bonds. The molecule has 1 N–H and O–H groups in total. The van der Waals surface area contributed by atoms with Gasteiger partial charge in [-0.25, -0.2) is 13.6 Å². The third-order valence-corrected chi connectivity index (χ3v) is 2.69. The van der Waals surface area contributed by atoms with Crippen molar-refractivity contribution < 1.29 is 18.7 Å². The van der Waals surface area contributed by atoms with Crippen molar-refractivity contribution in [3.05, 3.63) is 59.4 Å². The van der Waals surface area contributed by atoms with Gasteiger partial charge in [-0.05, 0) is 30.2 Å². The number of hydrogen-bond acceptors (Lipinski definition) is 1. The molecule has 0 atom stereocenters. The van der Waals surface area contributed by atoms with Crippen molar-refractivity contribution in [2.24, 2.45) is 0 Å². The van der Waals surface area contributed by atoms with Gasteiger partial charge in [0.15, 0.2) is 0 Å². The van der Waals surface area contributed by atoms with Crippen molar-refractivity contribution >= 4 is 5.97 Å². The lowest BCUT2D eigenvalue weighted by Crippen LogP contribution is -2.09. The van der Waals surface area contributed by atoms with Gasteiger partial charge in [0.05, 0.1) is 0 Å². The van der Waals surface area contributed by atoms with E-state index < -0.39 is 17.6 Å². The summed E-state index contributed by atoms with van der Waals surface area (Å²) in [4.78, 5) is 10.9. The van der Waals surface area contributed by atoms with Crippen LogP contribution < -0.4 is 0 Å². The Labute approximate surface area is 102 Å². The summed E-state index contributed by atoms with van der Waals surface area (Å²) in [6, 6.07) is 6.47. The predicted molar refractivity (Wildman–Crippen MR) is 61.5 cm³/mol. The Morgan fingerprint density at radius 2 is 2.06 bits per heavy atom. The van der Waals surface area contributed by atoms with E-state index in [1.54, 1.807) is 12.3 Å². The number of benzene rings is 1. The second-order valence-electron chi connectivity index (χ2n) is 3.88. The average Bonchev–Trinajstić information content (AvgIpc) is 2.76. The van der Waals surface area contributed by atoms with Crippen LogP contribution >= 0.6 is 0 Å². The summed E-state index contributed by atoms with van der Waals surface area (Å²) in [5.41, 5.74) is 0.513. The van der Waals surface area contributed by atoms with Crippen molar-refractivity contribution in [1.82, 2.24) is 4.57 Å². The molecular formula is C13H11F2NO2. The van der Waals surface area contributed by atoms with Gasteiger partial charge in [-0.3, -0.25) is 0 Å². The van der Waals surface area contributed by atoms with Crippen LogP contribution in [-0.4, -0.2) is 15.6 Å². The van der Waals surface area contributed by atoms with Gasteiger partial charge >= 0.3 is 5.97 Å². The standard InChI is InChI=1S/C13H11F2NO2/c14-10-4-3-9(11(15)8-10)5-7-16-6-1-2-12(16)13(17)18/h1-4,6,8H,5,7H2,(H,17,18). The normalized spacial score (nSPS) is 10.6. The summed E-state index contributed by atoms with van der Waals surface area (Å²) in [6.07, 6.45) is 1.92. The van der Waals surface area contributed by atoms with E-state index in [0.717, 1.165) is 6.07 Å². The molecule has 0 unspecified atom stereocenters. The van der Waals surface area contributed by atoms with E-state index in [2.05, 4.69) is 0 Å². The largest absolute Gasteiger partial charge is 0.477 e. The maximum atomic E-state index is 13.4. The maximum absolute atomic E-state index is 13.4. The fourth-order valence-electron chi connectivity index (χ4n) is 1.77. The van der Waals surface area contributed by atoms with Gasteiger partial charge in [0.25, 0.3) is 0 Å².